The second kappa shape index (κ2) is 4.39. The molecule has 0 aliphatic heterocycles. The molecule has 0 spiro atoms. The summed E-state index contributed by atoms with van der Waals surface area (Å²) in [6, 6.07) is 3.00. The van der Waals surface area contributed by atoms with Crippen molar-refractivity contribution in [2.24, 2.45) is 0 Å². The third-order valence-corrected chi connectivity index (χ3v) is 1.88. The van der Waals surface area contributed by atoms with Gasteiger partial charge in [0.25, 0.3) is 0 Å². The standard InChI is InChI=1S/C9H10ClNO3/c1-5-3-6(4-7(10)11-5)8(12)9(13)14-2/h3-4,8,12H,1-2H3. The van der Waals surface area contributed by atoms with Crippen LogP contribution in [0.1, 0.15) is 17.4 Å². The van der Waals surface area contributed by atoms with Crippen LogP contribution in [-0.2, 0) is 9.53 Å². The number of carbonyl (C=O) groups is 1. The molecule has 1 heterocycles. The lowest BCUT2D eigenvalue weighted by molar-refractivity contribution is -0.150. The van der Waals surface area contributed by atoms with Gasteiger partial charge in [0.1, 0.15) is 5.15 Å². The highest BCUT2D eigenvalue weighted by molar-refractivity contribution is 6.29. The number of rotatable bonds is 2. The first-order valence-corrected chi connectivity index (χ1v) is 4.32. The minimum Gasteiger partial charge on any atom is -0.467 e. The quantitative estimate of drug-likeness (QED) is 0.596. The van der Waals surface area contributed by atoms with E-state index < -0.39 is 12.1 Å². The van der Waals surface area contributed by atoms with Gasteiger partial charge in [0.2, 0.25) is 0 Å². The van der Waals surface area contributed by atoms with Crippen LogP contribution in [0.2, 0.25) is 5.15 Å². The van der Waals surface area contributed by atoms with Crippen LogP contribution < -0.4 is 0 Å². The first-order chi connectivity index (χ1) is 6.54. The Morgan fingerprint density at radius 2 is 2.29 bits per heavy atom. The van der Waals surface area contributed by atoms with Crippen molar-refractivity contribution in [1.82, 2.24) is 4.98 Å². The molecule has 0 saturated carbocycles. The molecule has 4 nitrogen and oxygen atoms in total. The average molecular weight is 216 g/mol. The first kappa shape index (κ1) is 10.9. The summed E-state index contributed by atoms with van der Waals surface area (Å²) in [7, 11) is 1.21. The molecule has 0 aliphatic rings. The van der Waals surface area contributed by atoms with E-state index in [9.17, 15) is 9.90 Å². The molecule has 0 bridgehead atoms. The number of aryl methyl sites for hydroxylation is 1. The molecule has 0 saturated heterocycles. The van der Waals surface area contributed by atoms with Gasteiger partial charge in [0.15, 0.2) is 6.10 Å². The zero-order valence-electron chi connectivity index (χ0n) is 7.82. The summed E-state index contributed by atoms with van der Waals surface area (Å²) in [6.07, 6.45) is -1.31. The number of methoxy groups -OCH3 is 1. The van der Waals surface area contributed by atoms with Crippen LogP contribution in [0, 0.1) is 6.92 Å². The molecular formula is C9H10ClNO3. The van der Waals surface area contributed by atoms with Gasteiger partial charge in [-0.1, -0.05) is 11.6 Å². The predicted molar refractivity (Wildman–Crippen MR) is 51.0 cm³/mol. The van der Waals surface area contributed by atoms with Gasteiger partial charge in [0.05, 0.1) is 7.11 Å². The van der Waals surface area contributed by atoms with E-state index in [1.165, 1.54) is 13.2 Å². The number of nitrogens with zero attached hydrogens (tertiary/aromatic N) is 1. The van der Waals surface area contributed by atoms with Crippen LogP contribution in [0.15, 0.2) is 12.1 Å². The van der Waals surface area contributed by atoms with Crippen molar-refractivity contribution in [3.8, 4) is 0 Å². The van der Waals surface area contributed by atoms with E-state index >= 15 is 0 Å². The highest BCUT2D eigenvalue weighted by Crippen LogP contribution is 2.18. The van der Waals surface area contributed by atoms with E-state index in [-0.39, 0.29) is 5.15 Å². The normalized spacial score (nSPS) is 12.3. The van der Waals surface area contributed by atoms with Crippen LogP contribution in [0.5, 0.6) is 0 Å². The fourth-order valence-corrected chi connectivity index (χ4v) is 1.32. The summed E-state index contributed by atoms with van der Waals surface area (Å²) < 4.78 is 4.39. The monoisotopic (exact) mass is 215 g/mol. The fraction of sp³-hybridized carbons (Fsp3) is 0.333. The van der Waals surface area contributed by atoms with Crippen LogP contribution in [-0.4, -0.2) is 23.2 Å². The molecule has 1 rings (SSSR count). The van der Waals surface area contributed by atoms with E-state index in [1.54, 1.807) is 13.0 Å². The van der Waals surface area contributed by atoms with Crippen molar-refractivity contribution >= 4 is 17.6 Å². The topological polar surface area (TPSA) is 59.4 Å². The summed E-state index contributed by atoms with van der Waals surface area (Å²) in [4.78, 5) is 14.9. The molecule has 1 unspecified atom stereocenters. The second-order valence-electron chi connectivity index (χ2n) is 2.79. The van der Waals surface area contributed by atoms with Crippen molar-refractivity contribution < 1.29 is 14.6 Å². The van der Waals surface area contributed by atoms with Gasteiger partial charge < -0.3 is 9.84 Å². The molecule has 1 aromatic heterocycles. The van der Waals surface area contributed by atoms with Crippen molar-refractivity contribution in [3.63, 3.8) is 0 Å². The lowest BCUT2D eigenvalue weighted by Crippen LogP contribution is -2.13. The van der Waals surface area contributed by atoms with Crippen LogP contribution in [0.25, 0.3) is 0 Å². The third kappa shape index (κ3) is 2.43. The third-order valence-electron chi connectivity index (χ3n) is 1.68. The predicted octanol–water partition coefficient (Wildman–Crippen LogP) is 1.25. The number of hydrogen-bond acceptors (Lipinski definition) is 4. The molecule has 0 fully saturated rings. The summed E-state index contributed by atoms with van der Waals surface area (Å²) in [5, 5.41) is 9.72. The van der Waals surface area contributed by atoms with E-state index in [2.05, 4.69) is 9.72 Å². The highest BCUT2D eigenvalue weighted by Gasteiger charge is 2.18. The lowest BCUT2D eigenvalue weighted by Gasteiger charge is -2.09. The second-order valence-corrected chi connectivity index (χ2v) is 3.18. The molecule has 76 valence electrons. The zero-order chi connectivity index (χ0) is 10.7. The van der Waals surface area contributed by atoms with Gasteiger partial charge in [-0.2, -0.15) is 0 Å². The number of aromatic nitrogens is 1. The van der Waals surface area contributed by atoms with Crippen molar-refractivity contribution in [2.75, 3.05) is 7.11 Å². The van der Waals surface area contributed by atoms with Crippen molar-refractivity contribution in [1.29, 1.82) is 0 Å². The number of hydrogen-bond donors (Lipinski definition) is 1. The molecule has 14 heavy (non-hydrogen) atoms. The van der Waals surface area contributed by atoms with Crippen LogP contribution in [0.3, 0.4) is 0 Å². The Morgan fingerprint density at radius 3 is 2.79 bits per heavy atom. The molecule has 0 aromatic carbocycles. The minimum atomic E-state index is -1.31. The molecule has 1 N–H and O–H groups in total. The number of pyridine rings is 1. The van der Waals surface area contributed by atoms with E-state index in [0.29, 0.717) is 11.3 Å². The number of ether oxygens (including phenoxy) is 1. The Bertz CT molecular complexity index is 334. The minimum absolute atomic E-state index is 0.239. The Kier molecular flexibility index (Phi) is 3.43. The molecule has 1 aromatic rings. The van der Waals surface area contributed by atoms with Gasteiger partial charge in [-0.05, 0) is 24.6 Å². The van der Waals surface area contributed by atoms with Gasteiger partial charge in [-0.3, -0.25) is 0 Å². The maximum absolute atomic E-state index is 11.0. The van der Waals surface area contributed by atoms with Gasteiger partial charge in [-0.15, -0.1) is 0 Å². The first-order valence-electron chi connectivity index (χ1n) is 3.94. The van der Waals surface area contributed by atoms with E-state index in [4.69, 9.17) is 11.6 Å². The van der Waals surface area contributed by atoms with Crippen molar-refractivity contribution in [3.05, 3.63) is 28.5 Å². The molecule has 0 aliphatic carbocycles. The fourth-order valence-electron chi connectivity index (χ4n) is 1.06. The summed E-state index contributed by atoms with van der Waals surface area (Å²) in [5.74, 6) is -0.716. The molecule has 5 heteroatoms. The largest absolute Gasteiger partial charge is 0.467 e. The zero-order valence-corrected chi connectivity index (χ0v) is 8.58. The number of esters is 1. The molecule has 0 radical (unpaired) electrons. The van der Waals surface area contributed by atoms with Crippen molar-refractivity contribution in [2.45, 2.75) is 13.0 Å². The summed E-state index contributed by atoms with van der Waals surface area (Å²) in [5.41, 5.74) is 1.02. The molecule has 1 atom stereocenters. The number of aliphatic hydroxyl groups is 1. The van der Waals surface area contributed by atoms with Gasteiger partial charge in [0, 0.05) is 5.69 Å². The Labute approximate surface area is 86.5 Å². The van der Waals surface area contributed by atoms with Crippen LogP contribution >= 0.6 is 11.6 Å². The molecule has 0 amide bonds. The van der Waals surface area contributed by atoms with Gasteiger partial charge in [-0.25, -0.2) is 9.78 Å². The smallest absolute Gasteiger partial charge is 0.339 e. The number of aliphatic hydroxyl groups excluding tert-OH is 1. The Hall–Kier alpha value is -1.13. The lowest BCUT2D eigenvalue weighted by atomic mass is 10.1. The van der Waals surface area contributed by atoms with E-state index in [0.717, 1.165) is 0 Å². The maximum atomic E-state index is 11.0. The summed E-state index contributed by atoms with van der Waals surface area (Å²) in [6.45, 7) is 1.72. The summed E-state index contributed by atoms with van der Waals surface area (Å²) >= 11 is 5.67. The number of halogens is 1. The molecular weight excluding hydrogens is 206 g/mol. The van der Waals surface area contributed by atoms with E-state index in [1.807, 2.05) is 0 Å². The number of carbonyl (C=O) groups excluding carboxylic acids is 1. The maximum Gasteiger partial charge on any atom is 0.339 e. The Morgan fingerprint density at radius 1 is 1.64 bits per heavy atom. The van der Waals surface area contributed by atoms with Crippen LogP contribution in [0.4, 0.5) is 0 Å². The highest BCUT2D eigenvalue weighted by atomic mass is 35.5. The van der Waals surface area contributed by atoms with Gasteiger partial charge >= 0.3 is 5.97 Å². The Balaban J connectivity index is 3.00. The average Bonchev–Trinajstić information content (AvgIpc) is 2.14. The SMILES string of the molecule is COC(=O)C(O)c1cc(C)nc(Cl)c1.